The van der Waals surface area contributed by atoms with E-state index in [0.717, 1.165) is 12.8 Å². The highest BCUT2D eigenvalue weighted by Gasteiger charge is 2.53. The van der Waals surface area contributed by atoms with Crippen molar-refractivity contribution in [2.24, 2.45) is 16.7 Å². The topological polar surface area (TPSA) is 76.1 Å². The molecule has 2 aromatic rings. The molecular weight excluding hydrogens is 582 g/mol. The molecule has 3 atom stereocenters. The van der Waals surface area contributed by atoms with E-state index in [1.54, 1.807) is 22.7 Å². The summed E-state index contributed by atoms with van der Waals surface area (Å²) in [6, 6.07) is 8.87. The van der Waals surface area contributed by atoms with Gasteiger partial charge >= 0.3 is 5.97 Å². The summed E-state index contributed by atoms with van der Waals surface area (Å²) in [6.07, 6.45) is 1.20. The van der Waals surface area contributed by atoms with Crippen LogP contribution in [0.2, 0.25) is 0 Å². The van der Waals surface area contributed by atoms with Crippen LogP contribution in [-0.2, 0) is 20.3 Å². The second-order valence-corrected chi connectivity index (χ2v) is 14.6. The zero-order valence-corrected chi connectivity index (χ0v) is 23.8. The first-order valence-electron chi connectivity index (χ1n) is 13.7. The number of anilines is 2. The Kier molecular flexibility index (Phi) is 7.78. The SMILES string of the molecule is O=C(O)C1(COc2cc3c(cc2SC2CC4(CC4)C2)N(c2ccc(F)cc2)CC(CCC(F)F)C(F)S3=O)COC1. The standard InChI is InChI=1S/C29H31F4NO5S2/c30-18-2-4-19(5-3-18)34-13-17(1-6-25(31)32)26(33)41(37)24-10-22(39-16-29(27(35)36)14-38-15-29)23(9-21(24)34)40-20-11-28(12-20)7-8-28/h2-5,9-10,17,20,25-26H,1,6-8,11-16H2,(H,35,36). The molecule has 0 bridgehead atoms. The first-order chi connectivity index (χ1) is 19.6. The quantitative estimate of drug-likeness (QED) is 0.305. The Morgan fingerprint density at radius 1 is 1.20 bits per heavy atom. The third-order valence-electron chi connectivity index (χ3n) is 8.71. The molecule has 4 aliphatic rings. The fraction of sp³-hybridized carbons (Fsp3) is 0.552. The number of thioether (sulfide) groups is 1. The maximum Gasteiger partial charge on any atom is 0.317 e. The summed E-state index contributed by atoms with van der Waals surface area (Å²) in [4.78, 5) is 14.5. The molecule has 2 heterocycles. The van der Waals surface area contributed by atoms with Crippen LogP contribution in [-0.4, -0.2) is 58.8 Å². The Balaban J connectivity index is 1.40. The summed E-state index contributed by atoms with van der Waals surface area (Å²) < 4.78 is 80.7. The monoisotopic (exact) mass is 613 g/mol. The number of carboxylic acids is 1. The predicted octanol–water partition coefficient (Wildman–Crippen LogP) is 6.56. The van der Waals surface area contributed by atoms with Gasteiger partial charge in [-0.05, 0) is 73.9 Å². The zero-order chi connectivity index (χ0) is 28.9. The number of benzene rings is 2. The van der Waals surface area contributed by atoms with Gasteiger partial charge in [0.25, 0.3) is 0 Å². The van der Waals surface area contributed by atoms with Crippen LogP contribution in [0.5, 0.6) is 5.75 Å². The highest BCUT2D eigenvalue weighted by Crippen LogP contribution is 2.65. The Labute approximate surface area is 242 Å². The molecule has 0 aromatic heterocycles. The van der Waals surface area contributed by atoms with E-state index in [-0.39, 0.29) is 37.7 Å². The lowest BCUT2D eigenvalue weighted by atomic mass is 9.81. The van der Waals surface area contributed by atoms with E-state index in [0.29, 0.717) is 32.7 Å². The number of ether oxygens (including phenoxy) is 2. The summed E-state index contributed by atoms with van der Waals surface area (Å²) >= 11 is 1.60. The van der Waals surface area contributed by atoms with Crippen LogP contribution < -0.4 is 9.64 Å². The minimum Gasteiger partial charge on any atom is -0.491 e. The lowest BCUT2D eigenvalue weighted by Gasteiger charge is -2.38. The molecule has 41 heavy (non-hydrogen) atoms. The molecular formula is C29H31F4NO5S2. The van der Waals surface area contributed by atoms with Crippen molar-refractivity contribution in [3.63, 3.8) is 0 Å². The molecule has 2 aromatic carbocycles. The summed E-state index contributed by atoms with van der Waals surface area (Å²) in [5, 5.41) is 10.1. The van der Waals surface area contributed by atoms with E-state index in [1.165, 1.54) is 43.2 Å². The Morgan fingerprint density at radius 3 is 2.49 bits per heavy atom. The van der Waals surface area contributed by atoms with Crippen molar-refractivity contribution in [1.29, 1.82) is 0 Å². The molecule has 12 heteroatoms. The van der Waals surface area contributed by atoms with E-state index in [2.05, 4.69) is 0 Å². The molecule has 2 aliphatic heterocycles. The summed E-state index contributed by atoms with van der Waals surface area (Å²) in [7, 11) is -2.22. The first-order valence-corrected chi connectivity index (χ1v) is 15.8. The van der Waals surface area contributed by atoms with Gasteiger partial charge in [-0.1, -0.05) is 0 Å². The molecule has 1 N–H and O–H groups in total. The molecule has 222 valence electrons. The Morgan fingerprint density at radius 2 is 1.90 bits per heavy atom. The minimum absolute atomic E-state index is 0.00351. The van der Waals surface area contributed by atoms with Crippen molar-refractivity contribution < 1.29 is 41.1 Å². The highest BCUT2D eigenvalue weighted by molar-refractivity contribution is 8.00. The van der Waals surface area contributed by atoms with Crippen molar-refractivity contribution in [3.8, 4) is 5.75 Å². The van der Waals surface area contributed by atoms with Gasteiger partial charge in [-0.25, -0.2) is 17.6 Å². The van der Waals surface area contributed by atoms with Crippen LogP contribution in [0.3, 0.4) is 0 Å². The average Bonchev–Trinajstić information content (AvgIpc) is 3.70. The van der Waals surface area contributed by atoms with Crippen molar-refractivity contribution in [2.75, 3.05) is 31.3 Å². The van der Waals surface area contributed by atoms with Crippen LogP contribution >= 0.6 is 11.8 Å². The first kappa shape index (κ1) is 28.8. The maximum atomic E-state index is 15.8. The van der Waals surface area contributed by atoms with Gasteiger partial charge in [0.2, 0.25) is 6.43 Å². The lowest BCUT2D eigenvalue weighted by molar-refractivity contribution is -0.185. The van der Waals surface area contributed by atoms with Crippen LogP contribution in [0.1, 0.15) is 38.5 Å². The molecule has 3 fully saturated rings. The molecule has 1 spiro atoms. The van der Waals surface area contributed by atoms with Gasteiger partial charge in [0, 0.05) is 29.8 Å². The van der Waals surface area contributed by atoms with Gasteiger partial charge in [0.15, 0.2) is 5.50 Å². The van der Waals surface area contributed by atoms with E-state index in [9.17, 15) is 27.3 Å². The van der Waals surface area contributed by atoms with E-state index in [4.69, 9.17) is 9.47 Å². The van der Waals surface area contributed by atoms with E-state index >= 15 is 4.39 Å². The average molecular weight is 614 g/mol. The number of hydrogen-bond donors (Lipinski definition) is 1. The lowest BCUT2D eigenvalue weighted by Crippen LogP contribution is -2.53. The third-order valence-corrected chi connectivity index (χ3v) is 11.5. The van der Waals surface area contributed by atoms with Gasteiger partial charge in [0.05, 0.1) is 39.5 Å². The number of fused-ring (bicyclic) bond motifs is 1. The van der Waals surface area contributed by atoms with Crippen molar-refractivity contribution in [1.82, 2.24) is 0 Å². The highest BCUT2D eigenvalue weighted by atomic mass is 32.2. The van der Waals surface area contributed by atoms with Gasteiger partial charge < -0.3 is 19.5 Å². The minimum atomic E-state index is -2.63. The zero-order valence-electron chi connectivity index (χ0n) is 22.2. The molecule has 2 aliphatic carbocycles. The van der Waals surface area contributed by atoms with Crippen molar-refractivity contribution in [3.05, 3.63) is 42.2 Å². The number of aliphatic carboxylic acids is 1. The molecule has 0 radical (unpaired) electrons. The third kappa shape index (κ3) is 5.71. The molecule has 2 saturated carbocycles. The largest absolute Gasteiger partial charge is 0.491 e. The number of rotatable bonds is 10. The van der Waals surface area contributed by atoms with Gasteiger partial charge in [-0.2, -0.15) is 0 Å². The summed E-state index contributed by atoms with van der Waals surface area (Å²) in [5.74, 6) is -2.16. The number of halogens is 4. The van der Waals surface area contributed by atoms with Crippen LogP contribution in [0.25, 0.3) is 0 Å². The molecule has 3 unspecified atom stereocenters. The molecule has 6 nitrogen and oxygen atoms in total. The Bertz CT molecular complexity index is 1330. The normalized spacial score (nSPS) is 26.2. The van der Waals surface area contributed by atoms with Crippen LogP contribution in [0, 0.1) is 22.6 Å². The summed E-state index contributed by atoms with van der Waals surface area (Å²) in [5.41, 5.74) is -1.74. The predicted molar refractivity (Wildman–Crippen MR) is 147 cm³/mol. The fourth-order valence-electron chi connectivity index (χ4n) is 5.83. The number of nitrogens with zero attached hydrogens (tertiary/aromatic N) is 1. The second kappa shape index (κ2) is 11.1. The fourth-order valence-corrected chi connectivity index (χ4v) is 8.89. The van der Waals surface area contributed by atoms with Crippen molar-refractivity contribution in [2.45, 2.75) is 65.5 Å². The van der Waals surface area contributed by atoms with E-state index < -0.39 is 52.3 Å². The van der Waals surface area contributed by atoms with Gasteiger partial charge in [-0.15, -0.1) is 11.8 Å². The summed E-state index contributed by atoms with van der Waals surface area (Å²) in [6.45, 7) is -0.185. The van der Waals surface area contributed by atoms with Crippen LogP contribution in [0.15, 0.2) is 46.2 Å². The smallest absolute Gasteiger partial charge is 0.317 e. The molecule has 6 rings (SSSR count). The number of hydrogen-bond acceptors (Lipinski definition) is 6. The van der Waals surface area contributed by atoms with Gasteiger partial charge in [0.1, 0.15) is 23.6 Å². The molecule has 0 amide bonds. The second-order valence-electron chi connectivity index (χ2n) is 11.7. The van der Waals surface area contributed by atoms with Crippen molar-refractivity contribution >= 4 is 39.9 Å². The number of alkyl halides is 3. The van der Waals surface area contributed by atoms with E-state index in [1.807, 2.05) is 0 Å². The molecule has 1 saturated heterocycles. The maximum absolute atomic E-state index is 15.8. The van der Waals surface area contributed by atoms with Crippen LogP contribution in [0.4, 0.5) is 28.9 Å². The van der Waals surface area contributed by atoms with Gasteiger partial charge in [-0.3, -0.25) is 9.00 Å². The Hall–Kier alpha value is -2.31. The number of carbonyl (C=O) groups is 1. The number of carboxylic acid groups (broad SMARTS) is 1.